The molecule has 0 spiro atoms. The normalized spacial score (nSPS) is 13.9. The van der Waals surface area contributed by atoms with Crippen LogP contribution in [0.25, 0.3) is 0 Å². The number of thiazole rings is 1. The van der Waals surface area contributed by atoms with E-state index in [2.05, 4.69) is 18.8 Å². The second kappa shape index (κ2) is 7.83. The lowest BCUT2D eigenvalue weighted by Crippen LogP contribution is -2.27. The van der Waals surface area contributed by atoms with Gasteiger partial charge in [0.1, 0.15) is 0 Å². The summed E-state index contributed by atoms with van der Waals surface area (Å²) >= 11 is 1.70. The molecular weight excluding hydrogens is 326 g/mol. The highest BCUT2D eigenvalue weighted by Gasteiger charge is 2.21. The number of non-ortho nitro benzene ring substituents is 1. The predicted molar refractivity (Wildman–Crippen MR) is 95.3 cm³/mol. The molecule has 0 radical (unpaired) electrons. The summed E-state index contributed by atoms with van der Waals surface area (Å²) in [5.41, 5.74) is 1.58. The summed E-state index contributed by atoms with van der Waals surface area (Å²) in [7, 11) is 1.94. The Morgan fingerprint density at radius 3 is 2.75 bits per heavy atom. The molecule has 0 aliphatic rings. The molecule has 0 saturated carbocycles. The fourth-order valence-electron chi connectivity index (χ4n) is 2.59. The number of aromatic nitrogens is 1. The zero-order valence-electron chi connectivity index (χ0n) is 14.4. The Morgan fingerprint density at radius 1 is 1.46 bits per heavy atom. The standard InChI is InChI=1S/C17H23N3O3S/c1-5-16-18-11(2)17(24-16)12(3)19(4)10-15(21)13-7-6-8-14(9-13)20(22)23/h6-9,12,15,21H,5,10H2,1-4H3. The van der Waals surface area contributed by atoms with Crippen LogP contribution in [0.4, 0.5) is 5.69 Å². The topological polar surface area (TPSA) is 79.5 Å². The second-order valence-electron chi connectivity index (χ2n) is 5.89. The zero-order valence-corrected chi connectivity index (χ0v) is 15.2. The highest BCUT2D eigenvalue weighted by Crippen LogP contribution is 2.30. The molecule has 0 amide bonds. The highest BCUT2D eigenvalue weighted by molar-refractivity contribution is 7.11. The first-order valence-electron chi connectivity index (χ1n) is 7.92. The molecule has 0 aliphatic heterocycles. The van der Waals surface area contributed by atoms with Crippen molar-refractivity contribution in [2.75, 3.05) is 13.6 Å². The molecular formula is C17H23N3O3S. The lowest BCUT2D eigenvalue weighted by atomic mass is 10.1. The Hall–Kier alpha value is -1.83. The molecule has 6 nitrogen and oxygen atoms in total. The first-order valence-corrected chi connectivity index (χ1v) is 8.74. The number of rotatable bonds is 7. The summed E-state index contributed by atoms with van der Waals surface area (Å²) in [4.78, 5) is 18.2. The van der Waals surface area contributed by atoms with Crippen molar-refractivity contribution in [1.82, 2.24) is 9.88 Å². The van der Waals surface area contributed by atoms with Gasteiger partial charge >= 0.3 is 0 Å². The molecule has 0 fully saturated rings. The predicted octanol–water partition coefficient (Wildman–Crippen LogP) is 3.65. The van der Waals surface area contributed by atoms with Crippen LogP contribution in [0.15, 0.2) is 24.3 Å². The summed E-state index contributed by atoms with van der Waals surface area (Å²) < 4.78 is 0. The van der Waals surface area contributed by atoms with Crippen LogP contribution >= 0.6 is 11.3 Å². The van der Waals surface area contributed by atoms with Gasteiger partial charge in [0.25, 0.3) is 5.69 Å². The monoisotopic (exact) mass is 349 g/mol. The third-order valence-electron chi connectivity index (χ3n) is 4.15. The van der Waals surface area contributed by atoms with E-state index in [4.69, 9.17) is 0 Å². The Labute approximate surface area is 145 Å². The van der Waals surface area contributed by atoms with Crippen molar-refractivity contribution < 1.29 is 10.0 Å². The molecule has 130 valence electrons. The Bertz CT molecular complexity index is 717. The minimum Gasteiger partial charge on any atom is -0.387 e. The third kappa shape index (κ3) is 4.17. The molecule has 2 atom stereocenters. The molecule has 2 rings (SSSR count). The van der Waals surface area contributed by atoms with E-state index >= 15 is 0 Å². The fourth-order valence-corrected chi connectivity index (χ4v) is 3.71. The van der Waals surface area contributed by atoms with Crippen molar-refractivity contribution >= 4 is 17.0 Å². The highest BCUT2D eigenvalue weighted by atomic mass is 32.1. The smallest absolute Gasteiger partial charge is 0.269 e. The van der Waals surface area contributed by atoms with Gasteiger partial charge in [-0.25, -0.2) is 4.98 Å². The molecule has 1 aromatic carbocycles. The molecule has 1 aromatic heterocycles. The van der Waals surface area contributed by atoms with Gasteiger partial charge in [0, 0.05) is 29.6 Å². The van der Waals surface area contributed by atoms with Gasteiger partial charge in [-0.3, -0.25) is 15.0 Å². The first-order chi connectivity index (χ1) is 11.3. The number of hydrogen-bond donors (Lipinski definition) is 1. The molecule has 1 heterocycles. The van der Waals surface area contributed by atoms with Crippen LogP contribution in [-0.4, -0.2) is 33.5 Å². The summed E-state index contributed by atoms with van der Waals surface area (Å²) in [6, 6.07) is 6.28. The van der Waals surface area contributed by atoms with E-state index in [1.165, 1.54) is 17.0 Å². The van der Waals surface area contributed by atoms with Crippen LogP contribution in [0.5, 0.6) is 0 Å². The lowest BCUT2D eigenvalue weighted by molar-refractivity contribution is -0.385. The zero-order chi connectivity index (χ0) is 17.9. The van der Waals surface area contributed by atoms with E-state index in [0.717, 1.165) is 17.1 Å². The number of hydrogen-bond acceptors (Lipinski definition) is 6. The van der Waals surface area contributed by atoms with Gasteiger partial charge in [-0.1, -0.05) is 19.1 Å². The maximum atomic E-state index is 10.9. The van der Waals surface area contributed by atoms with E-state index in [0.29, 0.717) is 12.1 Å². The number of nitro benzene ring substituents is 1. The van der Waals surface area contributed by atoms with Crippen LogP contribution in [-0.2, 0) is 6.42 Å². The van der Waals surface area contributed by atoms with Gasteiger partial charge in [0.15, 0.2) is 0 Å². The first kappa shape index (κ1) is 18.5. The second-order valence-corrected chi connectivity index (χ2v) is 7.01. The summed E-state index contributed by atoms with van der Waals surface area (Å²) in [6.45, 7) is 6.57. The van der Waals surface area contributed by atoms with Crippen molar-refractivity contribution in [3.8, 4) is 0 Å². The van der Waals surface area contributed by atoms with Crippen LogP contribution < -0.4 is 0 Å². The van der Waals surface area contributed by atoms with E-state index in [1.54, 1.807) is 23.5 Å². The van der Waals surface area contributed by atoms with E-state index in [9.17, 15) is 15.2 Å². The number of aliphatic hydroxyl groups is 1. The van der Waals surface area contributed by atoms with E-state index < -0.39 is 11.0 Å². The molecule has 24 heavy (non-hydrogen) atoms. The molecule has 0 saturated heterocycles. The fraction of sp³-hybridized carbons (Fsp3) is 0.471. The molecule has 2 unspecified atom stereocenters. The quantitative estimate of drug-likeness (QED) is 0.610. The summed E-state index contributed by atoms with van der Waals surface area (Å²) in [5, 5.41) is 22.4. The average molecular weight is 349 g/mol. The molecule has 7 heteroatoms. The van der Waals surface area contributed by atoms with E-state index in [-0.39, 0.29) is 11.7 Å². The molecule has 0 aliphatic carbocycles. The number of aryl methyl sites for hydroxylation is 2. The SMILES string of the molecule is CCc1nc(C)c(C(C)N(C)CC(O)c2cccc([N+](=O)[O-])c2)s1. The third-order valence-corrected chi connectivity index (χ3v) is 5.62. The Balaban J connectivity index is 2.10. The molecule has 0 bridgehead atoms. The van der Waals surface area contributed by atoms with Crippen molar-refractivity contribution in [3.05, 3.63) is 55.5 Å². The van der Waals surface area contributed by atoms with Crippen molar-refractivity contribution in [2.24, 2.45) is 0 Å². The van der Waals surface area contributed by atoms with Gasteiger partial charge in [-0.15, -0.1) is 11.3 Å². The summed E-state index contributed by atoms with van der Waals surface area (Å²) in [6.07, 6.45) is 0.134. The van der Waals surface area contributed by atoms with Crippen LogP contribution in [0.1, 0.15) is 47.1 Å². The Kier molecular flexibility index (Phi) is 6.04. The van der Waals surface area contributed by atoms with Crippen molar-refractivity contribution in [2.45, 2.75) is 39.3 Å². The minimum absolute atomic E-state index is 0.00635. The minimum atomic E-state index is -0.781. The average Bonchev–Trinajstić information content (AvgIpc) is 2.95. The van der Waals surface area contributed by atoms with E-state index in [1.807, 2.05) is 18.9 Å². The van der Waals surface area contributed by atoms with Gasteiger partial charge in [0.05, 0.1) is 21.7 Å². The van der Waals surface area contributed by atoms with Crippen LogP contribution in [0, 0.1) is 17.0 Å². The number of nitro groups is 1. The number of likely N-dealkylation sites (N-methyl/N-ethyl adjacent to an activating group) is 1. The van der Waals surface area contributed by atoms with Crippen LogP contribution in [0.2, 0.25) is 0 Å². The maximum absolute atomic E-state index is 10.9. The Morgan fingerprint density at radius 2 is 2.17 bits per heavy atom. The van der Waals surface area contributed by atoms with Crippen molar-refractivity contribution in [3.63, 3.8) is 0 Å². The van der Waals surface area contributed by atoms with Gasteiger partial charge < -0.3 is 5.11 Å². The molecule has 2 aromatic rings. The van der Waals surface area contributed by atoms with Gasteiger partial charge in [-0.2, -0.15) is 0 Å². The summed E-state index contributed by atoms with van der Waals surface area (Å²) in [5.74, 6) is 0. The number of benzene rings is 1. The largest absolute Gasteiger partial charge is 0.387 e. The van der Waals surface area contributed by atoms with Gasteiger partial charge in [0.2, 0.25) is 0 Å². The lowest BCUT2D eigenvalue weighted by Gasteiger charge is -2.26. The number of nitrogens with zero attached hydrogens (tertiary/aromatic N) is 3. The van der Waals surface area contributed by atoms with Crippen molar-refractivity contribution in [1.29, 1.82) is 0 Å². The maximum Gasteiger partial charge on any atom is 0.269 e. The molecule has 1 N–H and O–H groups in total. The number of aliphatic hydroxyl groups excluding tert-OH is 1. The van der Waals surface area contributed by atoms with Crippen LogP contribution in [0.3, 0.4) is 0 Å². The van der Waals surface area contributed by atoms with Gasteiger partial charge in [-0.05, 0) is 32.9 Å².